The molecule has 5 heteroatoms. The van der Waals surface area contributed by atoms with Crippen LogP contribution in [0.15, 0.2) is 109 Å². The molecular formula is C30H26N2O2S. The molecule has 0 fully saturated rings. The van der Waals surface area contributed by atoms with Gasteiger partial charge in [-0.3, -0.25) is 4.31 Å². The largest absolute Gasteiger partial charge is 0.265 e. The maximum Gasteiger partial charge on any atom is 0.232 e. The van der Waals surface area contributed by atoms with E-state index in [1.165, 1.54) is 10.6 Å². The van der Waals surface area contributed by atoms with Crippen molar-refractivity contribution < 1.29 is 8.42 Å². The van der Waals surface area contributed by atoms with E-state index < -0.39 is 10.0 Å². The highest BCUT2D eigenvalue weighted by Crippen LogP contribution is 2.45. The molecule has 0 spiro atoms. The van der Waals surface area contributed by atoms with Gasteiger partial charge in [-0.1, -0.05) is 103 Å². The van der Waals surface area contributed by atoms with Crippen LogP contribution in [0.5, 0.6) is 0 Å². The van der Waals surface area contributed by atoms with Crippen molar-refractivity contribution in [3.8, 4) is 22.4 Å². The van der Waals surface area contributed by atoms with E-state index in [1.54, 1.807) is 0 Å². The predicted molar refractivity (Wildman–Crippen MR) is 145 cm³/mol. The Hall–Kier alpha value is -3.96. The lowest BCUT2D eigenvalue weighted by Gasteiger charge is -2.28. The lowest BCUT2D eigenvalue weighted by atomic mass is 9.92. The summed E-state index contributed by atoms with van der Waals surface area (Å²) in [7, 11) is -3.64. The molecule has 0 radical (unpaired) electrons. The van der Waals surface area contributed by atoms with E-state index in [9.17, 15) is 8.42 Å². The number of pyridine rings is 1. The number of aryl methyl sites for hydroxylation is 1. The third-order valence-electron chi connectivity index (χ3n) is 6.15. The summed E-state index contributed by atoms with van der Waals surface area (Å²) in [5.74, 6) is 0. The second-order valence-corrected chi connectivity index (χ2v) is 10.5. The molecule has 0 saturated carbocycles. The molecule has 1 aromatic heterocycles. The molecule has 0 aliphatic rings. The Morgan fingerprint density at radius 1 is 0.743 bits per heavy atom. The van der Waals surface area contributed by atoms with Gasteiger partial charge in [0.25, 0.3) is 0 Å². The first kappa shape index (κ1) is 22.8. The Labute approximate surface area is 206 Å². The molecule has 0 saturated heterocycles. The smallest absolute Gasteiger partial charge is 0.232 e. The zero-order valence-electron chi connectivity index (χ0n) is 19.7. The zero-order chi connectivity index (χ0) is 24.4. The van der Waals surface area contributed by atoms with Crippen LogP contribution in [0.2, 0.25) is 0 Å². The minimum atomic E-state index is -3.64. The van der Waals surface area contributed by atoms with Crippen LogP contribution in [-0.2, 0) is 16.6 Å². The molecule has 0 N–H and O–H groups in total. The molecule has 1 heterocycles. The van der Waals surface area contributed by atoms with Crippen LogP contribution in [-0.4, -0.2) is 19.7 Å². The van der Waals surface area contributed by atoms with Crippen LogP contribution in [0.25, 0.3) is 33.3 Å². The van der Waals surface area contributed by atoms with Gasteiger partial charge in [0, 0.05) is 16.5 Å². The zero-order valence-corrected chi connectivity index (χ0v) is 20.5. The first-order valence-corrected chi connectivity index (χ1v) is 13.3. The van der Waals surface area contributed by atoms with Gasteiger partial charge in [0.2, 0.25) is 10.0 Å². The second-order valence-electron chi connectivity index (χ2n) is 8.64. The molecule has 4 nitrogen and oxygen atoms in total. The second kappa shape index (κ2) is 9.35. The third-order valence-corrected chi connectivity index (χ3v) is 7.26. The van der Waals surface area contributed by atoms with E-state index in [0.717, 1.165) is 44.4 Å². The van der Waals surface area contributed by atoms with E-state index in [-0.39, 0.29) is 6.54 Å². The van der Waals surface area contributed by atoms with Crippen molar-refractivity contribution in [2.75, 3.05) is 10.6 Å². The molecule has 0 atom stereocenters. The van der Waals surface area contributed by atoms with Crippen LogP contribution in [0, 0.1) is 6.92 Å². The highest BCUT2D eigenvalue weighted by Gasteiger charge is 2.28. The summed E-state index contributed by atoms with van der Waals surface area (Å²) in [6, 6.07) is 35.5. The van der Waals surface area contributed by atoms with Gasteiger partial charge >= 0.3 is 0 Å². The van der Waals surface area contributed by atoms with E-state index >= 15 is 0 Å². The highest BCUT2D eigenvalue weighted by molar-refractivity contribution is 7.92. The van der Waals surface area contributed by atoms with Crippen molar-refractivity contribution in [2.24, 2.45) is 0 Å². The number of nitrogens with zero attached hydrogens (tertiary/aromatic N) is 2. The summed E-state index contributed by atoms with van der Waals surface area (Å²) in [6.07, 6.45) is 1.27. The molecule has 0 unspecified atom stereocenters. The monoisotopic (exact) mass is 478 g/mol. The molecule has 0 amide bonds. The maximum absolute atomic E-state index is 13.4. The van der Waals surface area contributed by atoms with Crippen molar-refractivity contribution in [1.82, 2.24) is 4.98 Å². The van der Waals surface area contributed by atoms with E-state index in [4.69, 9.17) is 4.98 Å². The first-order valence-electron chi connectivity index (χ1n) is 11.5. The van der Waals surface area contributed by atoms with Crippen LogP contribution >= 0.6 is 0 Å². The SMILES string of the molecule is Cc1ccccc1-c1c(-c2ccccc2)nc2ccccc2c1N(Cc1ccccc1)S(C)(=O)=O. The number of benzene rings is 4. The molecule has 174 valence electrons. The predicted octanol–water partition coefficient (Wildman–Crippen LogP) is 6.84. The van der Waals surface area contributed by atoms with Crippen molar-refractivity contribution in [2.45, 2.75) is 13.5 Å². The number of hydrogen-bond acceptors (Lipinski definition) is 3. The fourth-order valence-corrected chi connectivity index (χ4v) is 5.38. The standard InChI is InChI=1S/C30H26N2O2S/c1-22-13-9-10-18-25(22)28-29(24-16-7-4-8-17-24)31-27-20-12-11-19-26(27)30(28)32(35(2,33)34)21-23-14-5-3-6-15-23/h3-20H,21H2,1-2H3. The molecule has 0 aliphatic carbocycles. The summed E-state index contributed by atoms with van der Waals surface area (Å²) in [6.45, 7) is 2.27. The molecule has 35 heavy (non-hydrogen) atoms. The van der Waals surface area contributed by atoms with Gasteiger partial charge in [-0.2, -0.15) is 0 Å². The van der Waals surface area contributed by atoms with Gasteiger partial charge < -0.3 is 0 Å². The number of fused-ring (bicyclic) bond motifs is 1. The van der Waals surface area contributed by atoms with Gasteiger partial charge in [0.05, 0.1) is 29.7 Å². The van der Waals surface area contributed by atoms with Crippen molar-refractivity contribution >= 4 is 26.6 Å². The topological polar surface area (TPSA) is 50.3 Å². The fourth-order valence-electron chi connectivity index (χ4n) is 4.48. The number of rotatable bonds is 6. The van der Waals surface area contributed by atoms with Gasteiger partial charge in [-0.15, -0.1) is 0 Å². The lowest BCUT2D eigenvalue weighted by molar-refractivity contribution is 0.596. The average Bonchev–Trinajstić information content (AvgIpc) is 2.87. The van der Waals surface area contributed by atoms with Gasteiger partial charge in [-0.25, -0.2) is 13.4 Å². The van der Waals surface area contributed by atoms with Crippen LogP contribution in [0.4, 0.5) is 5.69 Å². The summed E-state index contributed by atoms with van der Waals surface area (Å²) in [5, 5.41) is 0.798. The average molecular weight is 479 g/mol. The fraction of sp³-hybridized carbons (Fsp3) is 0.100. The molecule has 5 rings (SSSR count). The molecule has 0 bridgehead atoms. The molecular weight excluding hydrogens is 452 g/mol. The van der Waals surface area contributed by atoms with Crippen molar-refractivity contribution in [3.63, 3.8) is 0 Å². The third kappa shape index (κ3) is 4.55. The Morgan fingerprint density at radius 3 is 2.03 bits per heavy atom. The number of aromatic nitrogens is 1. The summed E-state index contributed by atoms with van der Waals surface area (Å²) >= 11 is 0. The first-order chi connectivity index (χ1) is 16.9. The van der Waals surface area contributed by atoms with E-state index in [0.29, 0.717) is 5.69 Å². The van der Waals surface area contributed by atoms with Crippen molar-refractivity contribution in [1.29, 1.82) is 0 Å². The number of para-hydroxylation sites is 1. The minimum absolute atomic E-state index is 0.223. The molecule has 0 aliphatic heterocycles. The minimum Gasteiger partial charge on any atom is -0.265 e. The summed E-state index contributed by atoms with van der Waals surface area (Å²) in [5.41, 5.74) is 6.83. The number of hydrogen-bond donors (Lipinski definition) is 0. The summed E-state index contributed by atoms with van der Waals surface area (Å²) in [4.78, 5) is 5.07. The Kier molecular flexibility index (Phi) is 6.10. The molecule has 4 aromatic carbocycles. The van der Waals surface area contributed by atoms with Crippen LogP contribution in [0.1, 0.15) is 11.1 Å². The lowest BCUT2D eigenvalue weighted by Crippen LogP contribution is -2.30. The Bertz CT molecular complexity index is 1600. The quantitative estimate of drug-likeness (QED) is 0.268. The van der Waals surface area contributed by atoms with Gasteiger partial charge in [-0.05, 0) is 29.7 Å². The van der Waals surface area contributed by atoms with E-state index in [2.05, 4.69) is 0 Å². The Balaban J connectivity index is 1.93. The van der Waals surface area contributed by atoms with Gasteiger partial charge in [0.1, 0.15) is 0 Å². The normalized spacial score (nSPS) is 11.5. The Morgan fingerprint density at radius 2 is 1.34 bits per heavy atom. The van der Waals surface area contributed by atoms with Crippen LogP contribution < -0.4 is 4.31 Å². The van der Waals surface area contributed by atoms with E-state index in [1.807, 2.05) is 116 Å². The van der Waals surface area contributed by atoms with Crippen molar-refractivity contribution in [3.05, 3.63) is 120 Å². The number of sulfonamides is 1. The van der Waals surface area contributed by atoms with Crippen LogP contribution in [0.3, 0.4) is 0 Å². The molecule has 5 aromatic rings. The maximum atomic E-state index is 13.4. The highest BCUT2D eigenvalue weighted by atomic mass is 32.2. The summed E-state index contributed by atoms with van der Waals surface area (Å²) < 4.78 is 28.3. The number of anilines is 1. The van der Waals surface area contributed by atoms with Gasteiger partial charge in [0.15, 0.2) is 0 Å².